The number of hydrogen-bond acceptors (Lipinski definition) is 2. The standard InChI is InChI=1S/C19H26Cl2N2O2/c1-12(2)17(19(25)22-14-7-5-3-4-6-8-14)23-18(24)15-10-9-13(20)11-16(15)21/h9-12,14,17H,3-8H2,1-2H3,(H,22,25)(H,23,24)/t17-/m0/s1. The summed E-state index contributed by atoms with van der Waals surface area (Å²) in [5, 5.41) is 6.67. The molecule has 0 bridgehead atoms. The summed E-state index contributed by atoms with van der Waals surface area (Å²) in [6.45, 7) is 3.84. The summed E-state index contributed by atoms with van der Waals surface area (Å²) in [4.78, 5) is 25.2. The number of benzene rings is 1. The summed E-state index contributed by atoms with van der Waals surface area (Å²) >= 11 is 12.0. The fourth-order valence-corrected chi connectivity index (χ4v) is 3.64. The molecule has 1 fully saturated rings. The van der Waals surface area contributed by atoms with Gasteiger partial charge >= 0.3 is 0 Å². The van der Waals surface area contributed by atoms with E-state index in [1.54, 1.807) is 12.1 Å². The van der Waals surface area contributed by atoms with Gasteiger partial charge in [-0.1, -0.05) is 62.7 Å². The Kier molecular flexibility index (Phi) is 7.57. The van der Waals surface area contributed by atoms with E-state index in [-0.39, 0.29) is 28.8 Å². The van der Waals surface area contributed by atoms with Gasteiger partial charge in [-0.05, 0) is 37.0 Å². The lowest BCUT2D eigenvalue weighted by molar-refractivity contribution is -0.124. The van der Waals surface area contributed by atoms with Crippen molar-refractivity contribution in [1.82, 2.24) is 10.6 Å². The molecular formula is C19H26Cl2N2O2. The minimum Gasteiger partial charge on any atom is -0.352 e. The van der Waals surface area contributed by atoms with E-state index in [1.165, 1.54) is 18.9 Å². The maximum absolute atomic E-state index is 12.7. The van der Waals surface area contributed by atoms with Gasteiger partial charge < -0.3 is 10.6 Å². The zero-order valence-corrected chi connectivity index (χ0v) is 16.3. The third kappa shape index (κ3) is 5.89. The van der Waals surface area contributed by atoms with Crippen molar-refractivity contribution in [2.24, 2.45) is 5.92 Å². The van der Waals surface area contributed by atoms with Crippen LogP contribution in [0.5, 0.6) is 0 Å². The fraction of sp³-hybridized carbons (Fsp3) is 0.579. The van der Waals surface area contributed by atoms with Crippen LogP contribution in [0.3, 0.4) is 0 Å². The van der Waals surface area contributed by atoms with Gasteiger partial charge in [-0.3, -0.25) is 9.59 Å². The summed E-state index contributed by atoms with van der Waals surface area (Å²) in [6, 6.07) is 4.31. The predicted molar refractivity (Wildman–Crippen MR) is 102 cm³/mol. The molecule has 0 radical (unpaired) electrons. The average Bonchev–Trinajstić information content (AvgIpc) is 2.80. The van der Waals surface area contributed by atoms with E-state index < -0.39 is 6.04 Å². The van der Waals surface area contributed by atoms with Gasteiger partial charge in [0.05, 0.1) is 10.6 Å². The Morgan fingerprint density at radius 2 is 1.72 bits per heavy atom. The molecule has 4 nitrogen and oxygen atoms in total. The normalized spacial score (nSPS) is 17.0. The highest BCUT2D eigenvalue weighted by molar-refractivity contribution is 6.36. The van der Waals surface area contributed by atoms with E-state index in [2.05, 4.69) is 10.6 Å². The highest BCUT2D eigenvalue weighted by Crippen LogP contribution is 2.21. The average molecular weight is 385 g/mol. The van der Waals surface area contributed by atoms with Gasteiger partial charge in [0.2, 0.25) is 5.91 Å². The van der Waals surface area contributed by atoms with Crippen LogP contribution in [0, 0.1) is 5.92 Å². The maximum atomic E-state index is 12.7. The quantitative estimate of drug-likeness (QED) is 0.729. The molecule has 138 valence electrons. The van der Waals surface area contributed by atoms with Crippen LogP contribution < -0.4 is 10.6 Å². The maximum Gasteiger partial charge on any atom is 0.253 e. The summed E-state index contributed by atoms with van der Waals surface area (Å²) < 4.78 is 0. The zero-order valence-electron chi connectivity index (χ0n) is 14.8. The van der Waals surface area contributed by atoms with E-state index in [0.717, 1.165) is 25.7 Å². The lowest BCUT2D eigenvalue weighted by atomic mass is 10.0. The Morgan fingerprint density at radius 3 is 2.28 bits per heavy atom. The van der Waals surface area contributed by atoms with Crippen molar-refractivity contribution in [2.75, 3.05) is 0 Å². The highest BCUT2D eigenvalue weighted by atomic mass is 35.5. The lowest BCUT2D eigenvalue weighted by Gasteiger charge is -2.25. The first kappa shape index (κ1) is 20.1. The number of hydrogen-bond donors (Lipinski definition) is 2. The van der Waals surface area contributed by atoms with Gasteiger partial charge in [0.15, 0.2) is 0 Å². The molecule has 0 aromatic heterocycles. The van der Waals surface area contributed by atoms with Gasteiger partial charge in [0.25, 0.3) is 5.91 Å². The minimum atomic E-state index is -0.595. The molecule has 0 aliphatic heterocycles. The molecule has 0 heterocycles. The molecule has 1 saturated carbocycles. The first-order chi connectivity index (χ1) is 11.9. The topological polar surface area (TPSA) is 58.2 Å². The highest BCUT2D eigenvalue weighted by Gasteiger charge is 2.27. The second kappa shape index (κ2) is 9.44. The predicted octanol–water partition coefficient (Wildman–Crippen LogP) is 4.59. The van der Waals surface area contributed by atoms with Crippen LogP contribution in [0.15, 0.2) is 18.2 Å². The van der Waals surface area contributed by atoms with Crippen LogP contribution in [0.2, 0.25) is 10.0 Å². The Morgan fingerprint density at radius 1 is 1.08 bits per heavy atom. The lowest BCUT2D eigenvalue weighted by Crippen LogP contribution is -2.52. The van der Waals surface area contributed by atoms with Gasteiger partial charge in [0, 0.05) is 11.1 Å². The molecule has 6 heteroatoms. The van der Waals surface area contributed by atoms with Gasteiger partial charge in [-0.15, -0.1) is 0 Å². The largest absolute Gasteiger partial charge is 0.352 e. The molecule has 2 N–H and O–H groups in total. The molecule has 2 amide bonds. The monoisotopic (exact) mass is 384 g/mol. The summed E-state index contributed by atoms with van der Waals surface area (Å²) in [5.41, 5.74) is 0.319. The van der Waals surface area contributed by atoms with Crippen LogP contribution in [0.1, 0.15) is 62.7 Å². The third-order valence-electron chi connectivity index (χ3n) is 4.61. The smallest absolute Gasteiger partial charge is 0.253 e. The van der Waals surface area contributed by atoms with Crippen molar-refractivity contribution >= 4 is 35.0 Å². The fourth-order valence-electron chi connectivity index (χ4n) is 3.14. The Bertz CT molecular complexity index is 611. The number of carbonyl (C=O) groups is 2. The van der Waals surface area contributed by atoms with Gasteiger partial charge in [-0.2, -0.15) is 0 Å². The molecule has 1 aliphatic carbocycles. The molecule has 0 saturated heterocycles. The van der Waals surface area contributed by atoms with Crippen LogP contribution in [0.4, 0.5) is 0 Å². The molecule has 1 aromatic carbocycles. The molecule has 0 spiro atoms. The Hall–Kier alpha value is -1.26. The number of nitrogens with one attached hydrogen (secondary N) is 2. The van der Waals surface area contributed by atoms with E-state index in [9.17, 15) is 9.59 Å². The molecular weight excluding hydrogens is 359 g/mol. The number of halogens is 2. The second-order valence-corrected chi connectivity index (χ2v) is 7.86. The molecule has 2 rings (SSSR count). The number of rotatable bonds is 5. The van der Waals surface area contributed by atoms with E-state index >= 15 is 0 Å². The summed E-state index contributed by atoms with van der Waals surface area (Å²) in [6.07, 6.45) is 6.76. The van der Waals surface area contributed by atoms with Crippen molar-refractivity contribution in [3.05, 3.63) is 33.8 Å². The molecule has 1 aromatic rings. The van der Waals surface area contributed by atoms with Crippen LogP contribution in [-0.2, 0) is 4.79 Å². The Balaban J connectivity index is 2.03. The van der Waals surface area contributed by atoms with Crippen LogP contribution in [0.25, 0.3) is 0 Å². The zero-order chi connectivity index (χ0) is 18.4. The number of carbonyl (C=O) groups excluding carboxylic acids is 2. The second-order valence-electron chi connectivity index (χ2n) is 7.02. The number of amides is 2. The van der Waals surface area contributed by atoms with Crippen LogP contribution in [-0.4, -0.2) is 23.9 Å². The first-order valence-electron chi connectivity index (χ1n) is 8.94. The molecule has 25 heavy (non-hydrogen) atoms. The molecule has 0 unspecified atom stereocenters. The Labute approximate surface area is 159 Å². The first-order valence-corrected chi connectivity index (χ1v) is 9.70. The van der Waals surface area contributed by atoms with E-state index in [0.29, 0.717) is 10.6 Å². The van der Waals surface area contributed by atoms with Crippen molar-refractivity contribution in [3.63, 3.8) is 0 Å². The van der Waals surface area contributed by atoms with Crippen molar-refractivity contribution in [2.45, 2.75) is 64.5 Å². The third-order valence-corrected chi connectivity index (χ3v) is 5.16. The van der Waals surface area contributed by atoms with Crippen molar-refractivity contribution in [3.8, 4) is 0 Å². The van der Waals surface area contributed by atoms with E-state index in [1.807, 2.05) is 13.8 Å². The van der Waals surface area contributed by atoms with Gasteiger partial charge in [0.1, 0.15) is 6.04 Å². The van der Waals surface area contributed by atoms with Crippen molar-refractivity contribution in [1.29, 1.82) is 0 Å². The summed E-state index contributed by atoms with van der Waals surface area (Å²) in [5.74, 6) is -0.516. The minimum absolute atomic E-state index is 0.0270. The summed E-state index contributed by atoms with van der Waals surface area (Å²) in [7, 11) is 0. The van der Waals surface area contributed by atoms with Crippen molar-refractivity contribution < 1.29 is 9.59 Å². The van der Waals surface area contributed by atoms with Gasteiger partial charge in [-0.25, -0.2) is 0 Å². The van der Waals surface area contributed by atoms with Crippen LogP contribution >= 0.6 is 23.2 Å². The molecule has 1 atom stereocenters. The SMILES string of the molecule is CC(C)[C@H](NC(=O)c1ccc(Cl)cc1Cl)C(=O)NC1CCCCCC1. The molecule has 1 aliphatic rings. The van der Waals surface area contributed by atoms with E-state index in [4.69, 9.17) is 23.2 Å².